The van der Waals surface area contributed by atoms with Gasteiger partial charge in [-0.1, -0.05) is 6.07 Å². The summed E-state index contributed by atoms with van der Waals surface area (Å²) in [5, 5.41) is 2.52. The van der Waals surface area contributed by atoms with Gasteiger partial charge in [0, 0.05) is 31.5 Å². The van der Waals surface area contributed by atoms with Crippen molar-refractivity contribution in [3.8, 4) is 0 Å². The molecule has 1 heterocycles. The smallest absolute Gasteiger partial charge is 0.416 e. The second-order valence-electron chi connectivity index (χ2n) is 5.41. The molecule has 0 unspecified atom stereocenters. The van der Waals surface area contributed by atoms with Crippen molar-refractivity contribution >= 4 is 30.3 Å². The molecule has 0 aliphatic carbocycles. The Morgan fingerprint density at radius 2 is 1.79 bits per heavy atom. The highest BCUT2D eigenvalue weighted by Gasteiger charge is 2.39. The number of cyclic esters (lactones) is 2. The molecule has 0 atom stereocenters. The Labute approximate surface area is 141 Å². The van der Waals surface area contributed by atoms with Gasteiger partial charge >= 0.3 is 18.1 Å². The lowest BCUT2D eigenvalue weighted by molar-refractivity contribution is -0.222. The second-order valence-corrected chi connectivity index (χ2v) is 5.73. The fraction of sp³-hybridized carbons (Fsp3) is 0.333. The minimum absolute atomic E-state index is 0.0674. The number of benzene rings is 1. The molecule has 1 fully saturated rings. The average molecular weight is 361 g/mol. The van der Waals surface area contributed by atoms with Crippen molar-refractivity contribution in [3.63, 3.8) is 0 Å². The first-order valence-electron chi connectivity index (χ1n) is 6.78. The van der Waals surface area contributed by atoms with Crippen molar-refractivity contribution in [3.05, 3.63) is 41.1 Å². The number of ether oxygens (including phenoxy) is 2. The summed E-state index contributed by atoms with van der Waals surface area (Å²) in [6.07, 6.45) is -3.56. The maximum absolute atomic E-state index is 12.8. The molecule has 1 aromatic carbocycles. The van der Waals surface area contributed by atoms with Gasteiger partial charge in [-0.2, -0.15) is 25.8 Å². The highest BCUT2D eigenvalue weighted by molar-refractivity contribution is 7.79. The van der Waals surface area contributed by atoms with E-state index < -0.39 is 35.0 Å². The number of hydrogen-bond acceptors (Lipinski definition) is 6. The van der Waals surface area contributed by atoms with Crippen LogP contribution in [0, 0.1) is 0 Å². The molecule has 0 spiro atoms. The van der Waals surface area contributed by atoms with E-state index >= 15 is 0 Å². The van der Waals surface area contributed by atoms with Crippen molar-refractivity contribution in [2.45, 2.75) is 31.6 Å². The third-order valence-electron chi connectivity index (χ3n) is 3.10. The standard InChI is InChI=1S/C15H14F3NO4S/c1-14(2)22-12(20)10(13(21)23-14)6-19-11-5-9(15(16,17)18)4-3-8(11)7-24/h3-6,19,24H,7H2,1-2H3. The fourth-order valence-electron chi connectivity index (χ4n) is 1.95. The van der Waals surface area contributed by atoms with Crippen molar-refractivity contribution in [1.82, 2.24) is 0 Å². The van der Waals surface area contributed by atoms with Crippen LogP contribution in [-0.2, 0) is 31.0 Å². The predicted octanol–water partition coefficient (Wildman–Crippen LogP) is 3.27. The molecule has 0 radical (unpaired) electrons. The molecule has 0 aromatic heterocycles. The highest BCUT2D eigenvalue weighted by atomic mass is 32.1. The molecule has 1 aliphatic heterocycles. The van der Waals surface area contributed by atoms with Gasteiger partial charge in [0.2, 0.25) is 0 Å². The third-order valence-corrected chi connectivity index (χ3v) is 3.44. The van der Waals surface area contributed by atoms with Crippen LogP contribution in [0.15, 0.2) is 30.0 Å². The summed E-state index contributed by atoms with van der Waals surface area (Å²) >= 11 is 4.04. The predicted molar refractivity (Wildman–Crippen MR) is 82.1 cm³/mol. The Kier molecular flexibility index (Phi) is 4.84. The van der Waals surface area contributed by atoms with Crippen molar-refractivity contribution in [1.29, 1.82) is 0 Å². The van der Waals surface area contributed by atoms with E-state index in [1.165, 1.54) is 19.9 Å². The zero-order valence-corrected chi connectivity index (χ0v) is 13.6. The van der Waals surface area contributed by atoms with Crippen LogP contribution in [0.4, 0.5) is 18.9 Å². The van der Waals surface area contributed by atoms with Gasteiger partial charge in [-0.05, 0) is 17.7 Å². The molecule has 0 saturated carbocycles. The highest BCUT2D eigenvalue weighted by Crippen LogP contribution is 2.33. The Balaban J connectivity index is 2.31. The zero-order chi connectivity index (χ0) is 18.1. The van der Waals surface area contributed by atoms with Crippen LogP contribution in [0.5, 0.6) is 0 Å². The quantitative estimate of drug-likeness (QED) is 0.374. The van der Waals surface area contributed by atoms with E-state index in [-0.39, 0.29) is 11.4 Å². The van der Waals surface area contributed by atoms with Gasteiger partial charge in [-0.15, -0.1) is 0 Å². The first-order valence-corrected chi connectivity index (χ1v) is 7.41. The SMILES string of the molecule is CC1(C)OC(=O)C(=CNc2cc(C(F)(F)F)ccc2CS)C(=O)O1. The lowest BCUT2D eigenvalue weighted by atomic mass is 10.1. The number of carbonyl (C=O) groups excluding carboxylic acids is 2. The van der Waals surface area contributed by atoms with E-state index in [0.29, 0.717) is 5.56 Å². The van der Waals surface area contributed by atoms with Crippen LogP contribution in [-0.4, -0.2) is 17.7 Å². The number of alkyl halides is 3. The zero-order valence-electron chi connectivity index (χ0n) is 12.7. The van der Waals surface area contributed by atoms with Gasteiger partial charge in [0.05, 0.1) is 5.56 Å². The molecule has 2 rings (SSSR count). The summed E-state index contributed by atoms with van der Waals surface area (Å²) in [5.74, 6) is -3.09. The number of thiol groups is 1. The molecule has 5 nitrogen and oxygen atoms in total. The van der Waals surface area contributed by atoms with E-state index in [1.807, 2.05) is 0 Å². The van der Waals surface area contributed by atoms with E-state index in [9.17, 15) is 22.8 Å². The van der Waals surface area contributed by atoms with Crippen molar-refractivity contribution < 1.29 is 32.2 Å². The van der Waals surface area contributed by atoms with Gasteiger partial charge in [0.15, 0.2) is 5.57 Å². The monoisotopic (exact) mass is 361 g/mol. The van der Waals surface area contributed by atoms with Gasteiger partial charge in [0.1, 0.15) is 0 Å². The Bertz CT molecular complexity index is 691. The second kappa shape index (κ2) is 6.39. The van der Waals surface area contributed by atoms with Crippen LogP contribution in [0.3, 0.4) is 0 Å². The number of rotatable bonds is 3. The van der Waals surface area contributed by atoms with E-state index in [1.54, 1.807) is 0 Å². The first kappa shape index (κ1) is 18.2. The number of halogens is 3. The van der Waals surface area contributed by atoms with Crippen LogP contribution in [0.25, 0.3) is 0 Å². The Hall–Kier alpha value is -2.16. The maximum Gasteiger partial charge on any atom is 0.416 e. The molecule has 130 valence electrons. The summed E-state index contributed by atoms with van der Waals surface area (Å²) in [7, 11) is 0. The van der Waals surface area contributed by atoms with Crippen LogP contribution < -0.4 is 5.32 Å². The largest absolute Gasteiger partial charge is 0.419 e. The van der Waals surface area contributed by atoms with E-state index in [0.717, 1.165) is 18.3 Å². The fourth-order valence-corrected chi connectivity index (χ4v) is 2.23. The summed E-state index contributed by atoms with van der Waals surface area (Å²) in [4.78, 5) is 23.6. The molecule has 1 saturated heterocycles. The third kappa shape index (κ3) is 4.02. The van der Waals surface area contributed by atoms with Gasteiger partial charge < -0.3 is 14.8 Å². The molecule has 1 N–H and O–H groups in total. The van der Waals surface area contributed by atoms with Crippen LogP contribution in [0.2, 0.25) is 0 Å². The number of anilines is 1. The number of esters is 2. The molecular formula is C15H14F3NO4S. The Morgan fingerprint density at radius 3 is 2.29 bits per heavy atom. The summed E-state index contributed by atoms with van der Waals surface area (Å²) < 4.78 is 48.2. The molecule has 9 heteroatoms. The normalized spacial score (nSPS) is 17.2. The molecule has 0 amide bonds. The first-order chi connectivity index (χ1) is 11.0. The van der Waals surface area contributed by atoms with Crippen LogP contribution >= 0.6 is 12.6 Å². The Morgan fingerprint density at radius 1 is 1.21 bits per heavy atom. The van der Waals surface area contributed by atoms with Crippen molar-refractivity contribution in [2.24, 2.45) is 0 Å². The van der Waals surface area contributed by atoms with Crippen LogP contribution in [0.1, 0.15) is 25.0 Å². The lowest BCUT2D eigenvalue weighted by Crippen LogP contribution is -2.42. The lowest BCUT2D eigenvalue weighted by Gasteiger charge is -2.29. The minimum atomic E-state index is -4.52. The van der Waals surface area contributed by atoms with Gasteiger partial charge in [0.25, 0.3) is 5.79 Å². The molecular weight excluding hydrogens is 347 g/mol. The summed E-state index contributed by atoms with van der Waals surface area (Å²) in [5.41, 5.74) is -0.792. The molecule has 0 bridgehead atoms. The number of carbonyl (C=O) groups is 2. The summed E-state index contributed by atoms with van der Waals surface area (Å²) in [6.45, 7) is 2.78. The molecule has 1 aromatic rings. The minimum Gasteiger partial charge on any atom is -0.419 e. The summed E-state index contributed by atoms with van der Waals surface area (Å²) in [6, 6.07) is 3.05. The van der Waals surface area contributed by atoms with Crippen molar-refractivity contribution in [2.75, 3.05) is 5.32 Å². The topological polar surface area (TPSA) is 64.6 Å². The van der Waals surface area contributed by atoms with E-state index in [4.69, 9.17) is 9.47 Å². The van der Waals surface area contributed by atoms with Gasteiger partial charge in [-0.3, -0.25) is 0 Å². The number of hydrogen-bond donors (Lipinski definition) is 2. The van der Waals surface area contributed by atoms with E-state index in [2.05, 4.69) is 17.9 Å². The molecule has 24 heavy (non-hydrogen) atoms. The maximum atomic E-state index is 12.8. The average Bonchev–Trinajstić information content (AvgIpc) is 2.43. The van der Waals surface area contributed by atoms with Gasteiger partial charge in [-0.25, -0.2) is 9.59 Å². The number of nitrogens with one attached hydrogen (secondary N) is 1. The molecule has 1 aliphatic rings.